The number of anilines is 1. The van der Waals surface area contributed by atoms with Crippen LogP contribution in [0.1, 0.15) is 18.1 Å². The van der Waals surface area contributed by atoms with Crippen molar-refractivity contribution in [1.29, 1.82) is 0 Å². The van der Waals surface area contributed by atoms with E-state index in [1.807, 2.05) is 32.0 Å². The molecule has 0 radical (unpaired) electrons. The van der Waals surface area contributed by atoms with Gasteiger partial charge in [0.15, 0.2) is 6.61 Å². The molecule has 0 saturated heterocycles. The molecule has 8 nitrogen and oxygen atoms in total. The first-order valence-corrected chi connectivity index (χ1v) is 10.4. The van der Waals surface area contributed by atoms with Crippen LogP contribution in [0.5, 0.6) is 0 Å². The van der Waals surface area contributed by atoms with Crippen molar-refractivity contribution in [3.8, 4) is 0 Å². The molecular weight excluding hydrogens is 382 g/mol. The molecule has 3 rings (SSSR count). The Kier molecular flexibility index (Phi) is 5.64. The summed E-state index contributed by atoms with van der Waals surface area (Å²) in [7, 11) is -3.45. The number of hydrogen-bond acceptors (Lipinski definition) is 6. The standard InChI is InChI=1S/C19H21N3O5S/c1-3-14-6-4-5-13(2)18(14)20-17(23)12-27-19(24)15-7-8-16-21-28(25,26)10-9-22(16)11-15/h4-8,11H,3,9-10,12H2,1-2H3,(H,20,23). The molecule has 0 aliphatic carbocycles. The molecule has 0 bridgehead atoms. The van der Waals surface area contributed by atoms with E-state index >= 15 is 0 Å². The summed E-state index contributed by atoms with van der Waals surface area (Å²) in [5.41, 5.74) is 2.89. The molecule has 1 aromatic carbocycles. The average molecular weight is 403 g/mol. The first-order chi connectivity index (χ1) is 13.3. The predicted octanol–water partition coefficient (Wildman–Crippen LogP) is 1.54. The number of carbonyl (C=O) groups excluding carboxylic acids is 2. The first kappa shape index (κ1) is 19.8. The number of ether oxygens (including phenoxy) is 1. The molecule has 2 aliphatic rings. The summed E-state index contributed by atoms with van der Waals surface area (Å²) >= 11 is 0. The maximum absolute atomic E-state index is 12.2. The summed E-state index contributed by atoms with van der Waals surface area (Å²) in [5.74, 6) is -0.961. The van der Waals surface area contributed by atoms with Gasteiger partial charge in [0.2, 0.25) is 0 Å². The SMILES string of the molecule is CCc1cccc(C)c1NC(=O)COC(=O)C1=CN2CCS(=O)(=O)N=C2C=C1. The van der Waals surface area contributed by atoms with Crippen molar-refractivity contribution in [2.24, 2.45) is 4.40 Å². The minimum absolute atomic E-state index is 0.123. The molecule has 1 N–H and O–H groups in total. The monoisotopic (exact) mass is 403 g/mol. The fourth-order valence-corrected chi connectivity index (χ4v) is 3.88. The van der Waals surface area contributed by atoms with Gasteiger partial charge in [-0.2, -0.15) is 0 Å². The highest BCUT2D eigenvalue weighted by molar-refractivity contribution is 7.90. The van der Waals surface area contributed by atoms with Gasteiger partial charge in [0.1, 0.15) is 5.84 Å². The van der Waals surface area contributed by atoms with Gasteiger partial charge in [0.05, 0.1) is 11.3 Å². The molecule has 0 aromatic heterocycles. The van der Waals surface area contributed by atoms with E-state index in [0.29, 0.717) is 0 Å². The largest absolute Gasteiger partial charge is 0.452 e. The van der Waals surface area contributed by atoms with E-state index in [2.05, 4.69) is 9.71 Å². The maximum Gasteiger partial charge on any atom is 0.340 e. The molecule has 2 aliphatic heterocycles. The van der Waals surface area contributed by atoms with E-state index in [1.165, 1.54) is 18.4 Å². The lowest BCUT2D eigenvalue weighted by atomic mass is 10.1. The van der Waals surface area contributed by atoms with Crippen molar-refractivity contribution in [1.82, 2.24) is 4.90 Å². The lowest BCUT2D eigenvalue weighted by molar-refractivity contribution is -0.143. The van der Waals surface area contributed by atoms with Crippen LogP contribution < -0.4 is 5.32 Å². The Hall–Kier alpha value is -2.94. The van der Waals surface area contributed by atoms with Crippen molar-refractivity contribution >= 4 is 33.4 Å². The van der Waals surface area contributed by atoms with Crippen molar-refractivity contribution in [2.45, 2.75) is 20.3 Å². The van der Waals surface area contributed by atoms with Crippen LogP contribution in [0.2, 0.25) is 0 Å². The third-order valence-corrected chi connectivity index (χ3v) is 5.56. The van der Waals surface area contributed by atoms with Gasteiger partial charge in [-0.15, -0.1) is 4.40 Å². The summed E-state index contributed by atoms with van der Waals surface area (Å²) < 4.78 is 31.8. The van der Waals surface area contributed by atoms with Gasteiger partial charge in [-0.25, -0.2) is 13.2 Å². The maximum atomic E-state index is 12.2. The molecule has 1 aromatic rings. The van der Waals surface area contributed by atoms with Crippen molar-refractivity contribution < 1.29 is 22.7 Å². The number of esters is 1. The third kappa shape index (κ3) is 4.48. The van der Waals surface area contributed by atoms with Gasteiger partial charge in [-0.1, -0.05) is 25.1 Å². The number of benzene rings is 1. The number of nitrogens with zero attached hydrogens (tertiary/aromatic N) is 2. The zero-order chi connectivity index (χ0) is 20.3. The highest BCUT2D eigenvalue weighted by Crippen LogP contribution is 2.21. The van der Waals surface area contributed by atoms with E-state index < -0.39 is 28.5 Å². The second-order valence-electron chi connectivity index (χ2n) is 6.43. The minimum atomic E-state index is -3.45. The number of amides is 1. The quantitative estimate of drug-likeness (QED) is 0.748. The lowest BCUT2D eigenvalue weighted by Gasteiger charge is -2.26. The second-order valence-corrected chi connectivity index (χ2v) is 8.19. The van der Waals surface area contributed by atoms with Crippen LogP contribution in [0.15, 0.2) is 46.5 Å². The lowest BCUT2D eigenvalue weighted by Crippen LogP contribution is -2.37. The summed E-state index contributed by atoms with van der Waals surface area (Å²) in [6.07, 6.45) is 5.11. The van der Waals surface area contributed by atoms with Crippen molar-refractivity contribution in [3.05, 3.63) is 53.3 Å². The molecule has 2 heterocycles. The Labute approximate surface area is 163 Å². The van der Waals surface area contributed by atoms with E-state index in [-0.39, 0.29) is 23.7 Å². The van der Waals surface area contributed by atoms with Crippen LogP contribution in [0.4, 0.5) is 5.69 Å². The van der Waals surface area contributed by atoms with Gasteiger partial charge in [-0.05, 0) is 36.6 Å². The Morgan fingerprint density at radius 1 is 1.29 bits per heavy atom. The van der Waals surface area contributed by atoms with Crippen LogP contribution in [-0.4, -0.2) is 49.9 Å². The Morgan fingerprint density at radius 3 is 2.82 bits per heavy atom. The zero-order valence-electron chi connectivity index (χ0n) is 15.6. The van der Waals surface area contributed by atoms with E-state index in [0.717, 1.165) is 23.2 Å². The summed E-state index contributed by atoms with van der Waals surface area (Å²) in [4.78, 5) is 26.0. The van der Waals surface area contributed by atoms with Crippen LogP contribution >= 0.6 is 0 Å². The Morgan fingerprint density at radius 2 is 2.07 bits per heavy atom. The average Bonchev–Trinajstić information content (AvgIpc) is 2.66. The van der Waals surface area contributed by atoms with Crippen LogP contribution in [0.3, 0.4) is 0 Å². The van der Waals surface area contributed by atoms with E-state index in [9.17, 15) is 18.0 Å². The third-order valence-electron chi connectivity index (χ3n) is 4.40. The molecule has 0 spiro atoms. The first-order valence-electron chi connectivity index (χ1n) is 8.83. The molecule has 0 saturated carbocycles. The molecule has 28 heavy (non-hydrogen) atoms. The molecule has 9 heteroatoms. The number of fused-ring (bicyclic) bond motifs is 1. The minimum Gasteiger partial charge on any atom is -0.452 e. The van der Waals surface area contributed by atoms with Crippen molar-refractivity contribution in [3.63, 3.8) is 0 Å². The predicted molar refractivity (Wildman–Crippen MR) is 105 cm³/mol. The fourth-order valence-electron chi connectivity index (χ4n) is 2.91. The van der Waals surface area contributed by atoms with Gasteiger partial charge in [0.25, 0.3) is 15.9 Å². The highest BCUT2D eigenvalue weighted by atomic mass is 32.2. The smallest absolute Gasteiger partial charge is 0.340 e. The Balaban J connectivity index is 1.60. The number of sulfonamides is 1. The molecule has 0 atom stereocenters. The van der Waals surface area contributed by atoms with E-state index in [1.54, 1.807) is 4.90 Å². The number of rotatable bonds is 5. The van der Waals surface area contributed by atoms with Gasteiger partial charge in [-0.3, -0.25) is 4.79 Å². The van der Waals surface area contributed by atoms with E-state index in [4.69, 9.17) is 4.74 Å². The van der Waals surface area contributed by atoms with Gasteiger partial charge < -0.3 is 15.0 Å². The number of nitrogens with one attached hydrogen (secondary N) is 1. The molecule has 0 unspecified atom stereocenters. The zero-order valence-corrected chi connectivity index (χ0v) is 16.5. The van der Waals surface area contributed by atoms with Crippen LogP contribution in [0.25, 0.3) is 0 Å². The molecule has 0 fully saturated rings. The molecule has 1 amide bonds. The summed E-state index contributed by atoms with van der Waals surface area (Å²) in [5, 5.41) is 2.79. The van der Waals surface area contributed by atoms with Gasteiger partial charge in [0, 0.05) is 18.4 Å². The number of carbonyl (C=O) groups is 2. The number of hydrogen-bond donors (Lipinski definition) is 1. The van der Waals surface area contributed by atoms with Crippen molar-refractivity contribution in [2.75, 3.05) is 24.2 Å². The topological polar surface area (TPSA) is 105 Å². The normalized spacial score (nSPS) is 17.3. The summed E-state index contributed by atoms with van der Waals surface area (Å²) in [6, 6.07) is 5.76. The summed E-state index contributed by atoms with van der Waals surface area (Å²) in [6.45, 7) is 3.68. The fraction of sp³-hybridized carbons (Fsp3) is 0.316. The Bertz CT molecular complexity index is 1010. The number of para-hydroxylation sites is 1. The molecule has 148 valence electrons. The highest BCUT2D eigenvalue weighted by Gasteiger charge is 2.25. The number of aryl methyl sites for hydroxylation is 2. The molecular formula is C19H21N3O5S. The second kappa shape index (κ2) is 7.97. The van der Waals surface area contributed by atoms with Gasteiger partial charge >= 0.3 is 5.97 Å². The van der Waals surface area contributed by atoms with Crippen LogP contribution in [0, 0.1) is 6.92 Å². The number of amidine groups is 1. The van der Waals surface area contributed by atoms with Crippen LogP contribution in [-0.2, 0) is 30.8 Å².